The summed E-state index contributed by atoms with van der Waals surface area (Å²) < 4.78 is 39.8. The van der Waals surface area contributed by atoms with Crippen molar-refractivity contribution in [3.8, 4) is 0 Å². The van der Waals surface area contributed by atoms with Crippen molar-refractivity contribution in [1.29, 1.82) is 0 Å². The number of anilines is 2. The van der Waals surface area contributed by atoms with Gasteiger partial charge < -0.3 is 5.73 Å². The molecule has 2 rings (SSSR count). The van der Waals surface area contributed by atoms with Crippen LogP contribution in [0.2, 0.25) is 0 Å². The number of hydrogen-bond donors (Lipinski definition) is 2. The number of nitrogens with one attached hydrogen (secondary N) is 1. The van der Waals surface area contributed by atoms with Crippen LogP contribution in [0.1, 0.15) is 0 Å². The van der Waals surface area contributed by atoms with Crippen LogP contribution in [0.25, 0.3) is 0 Å². The van der Waals surface area contributed by atoms with Crippen LogP contribution in [0, 0.1) is 15.9 Å². The van der Waals surface area contributed by atoms with E-state index in [2.05, 4.69) is 0 Å². The van der Waals surface area contributed by atoms with Gasteiger partial charge in [-0.2, -0.15) is 0 Å². The zero-order chi connectivity index (χ0) is 15.6. The first-order valence-corrected chi connectivity index (χ1v) is 7.11. The van der Waals surface area contributed by atoms with E-state index in [4.69, 9.17) is 5.73 Å². The van der Waals surface area contributed by atoms with Crippen LogP contribution in [0.3, 0.4) is 0 Å². The fraction of sp³-hybridized carbons (Fsp3) is 0. The number of hydrogen-bond acceptors (Lipinski definition) is 5. The van der Waals surface area contributed by atoms with E-state index in [1.807, 2.05) is 4.72 Å². The van der Waals surface area contributed by atoms with Crippen molar-refractivity contribution in [1.82, 2.24) is 0 Å². The van der Waals surface area contributed by atoms with Gasteiger partial charge in [-0.1, -0.05) is 18.2 Å². The Labute approximate surface area is 119 Å². The van der Waals surface area contributed by atoms with Gasteiger partial charge in [-0.15, -0.1) is 0 Å². The molecular formula is C12H10FN3O4S. The van der Waals surface area contributed by atoms with Crippen molar-refractivity contribution >= 4 is 27.1 Å². The fourth-order valence-corrected chi connectivity index (χ4v) is 2.96. The van der Waals surface area contributed by atoms with Gasteiger partial charge in [0.25, 0.3) is 10.0 Å². The van der Waals surface area contributed by atoms with Gasteiger partial charge in [0.1, 0.15) is 11.5 Å². The predicted octanol–water partition coefficient (Wildman–Crippen LogP) is 2.12. The average molecular weight is 311 g/mol. The summed E-state index contributed by atoms with van der Waals surface area (Å²) in [6, 6.07) is 8.57. The number of nitro groups is 1. The molecule has 0 aromatic heterocycles. The lowest BCUT2D eigenvalue weighted by Crippen LogP contribution is -2.16. The molecule has 0 aliphatic carbocycles. The number of nitrogens with two attached hydrogens (primary N) is 1. The van der Waals surface area contributed by atoms with Crippen molar-refractivity contribution in [2.24, 2.45) is 0 Å². The molecular weight excluding hydrogens is 301 g/mol. The standard InChI is InChI=1S/C12H10FN3O4S/c13-8-4-1-2-6-10(8)15-21(19,20)11-7-3-5-9(14)12(11)16(17)18/h1-7,15H,14H2. The van der Waals surface area contributed by atoms with E-state index < -0.39 is 31.3 Å². The van der Waals surface area contributed by atoms with Crippen LogP contribution in [0.5, 0.6) is 0 Å². The molecule has 0 heterocycles. The summed E-state index contributed by atoms with van der Waals surface area (Å²) in [7, 11) is -4.35. The predicted molar refractivity (Wildman–Crippen MR) is 74.7 cm³/mol. The number of halogens is 1. The molecule has 0 aliphatic rings. The quantitative estimate of drug-likeness (QED) is 0.510. The third-order valence-corrected chi connectivity index (χ3v) is 4.02. The molecule has 2 aromatic rings. The third kappa shape index (κ3) is 2.92. The Kier molecular flexibility index (Phi) is 3.76. The number of nitrogen functional groups attached to an aromatic ring is 1. The summed E-state index contributed by atoms with van der Waals surface area (Å²) >= 11 is 0. The topological polar surface area (TPSA) is 115 Å². The summed E-state index contributed by atoms with van der Waals surface area (Å²) in [6.45, 7) is 0. The van der Waals surface area contributed by atoms with E-state index in [-0.39, 0.29) is 11.4 Å². The molecule has 7 nitrogen and oxygen atoms in total. The molecule has 0 aliphatic heterocycles. The summed E-state index contributed by atoms with van der Waals surface area (Å²) in [5.41, 5.74) is 4.08. The number of nitro benzene ring substituents is 1. The van der Waals surface area contributed by atoms with E-state index in [1.165, 1.54) is 30.3 Å². The third-order valence-electron chi connectivity index (χ3n) is 2.62. The van der Waals surface area contributed by atoms with E-state index in [1.54, 1.807) is 0 Å². The van der Waals surface area contributed by atoms with Crippen LogP contribution in [0.4, 0.5) is 21.5 Å². The summed E-state index contributed by atoms with van der Waals surface area (Å²) in [4.78, 5) is 9.44. The van der Waals surface area contributed by atoms with Crippen LogP contribution in [-0.4, -0.2) is 13.3 Å². The first-order valence-electron chi connectivity index (χ1n) is 5.63. The van der Waals surface area contributed by atoms with Crippen LogP contribution < -0.4 is 10.5 Å². The number of nitrogens with zero attached hydrogens (tertiary/aromatic N) is 1. The van der Waals surface area contributed by atoms with Gasteiger partial charge in [-0.3, -0.25) is 14.8 Å². The second kappa shape index (κ2) is 5.37. The van der Waals surface area contributed by atoms with Gasteiger partial charge in [0.2, 0.25) is 0 Å². The van der Waals surface area contributed by atoms with Gasteiger partial charge in [0, 0.05) is 0 Å². The van der Waals surface area contributed by atoms with E-state index in [9.17, 15) is 22.9 Å². The Morgan fingerprint density at radius 1 is 1.14 bits per heavy atom. The van der Waals surface area contributed by atoms with E-state index in [0.29, 0.717) is 0 Å². The Hall–Kier alpha value is -2.68. The van der Waals surface area contributed by atoms with Crippen LogP contribution in [-0.2, 0) is 10.0 Å². The normalized spacial score (nSPS) is 11.1. The molecule has 0 saturated heterocycles. The van der Waals surface area contributed by atoms with Crippen molar-refractivity contribution in [2.45, 2.75) is 4.90 Å². The van der Waals surface area contributed by atoms with Crippen molar-refractivity contribution in [3.05, 3.63) is 58.4 Å². The first-order chi connectivity index (χ1) is 9.83. The smallest absolute Gasteiger partial charge is 0.312 e. The van der Waals surface area contributed by atoms with Crippen LogP contribution in [0.15, 0.2) is 47.4 Å². The highest BCUT2D eigenvalue weighted by Crippen LogP contribution is 2.31. The second-order valence-corrected chi connectivity index (χ2v) is 5.69. The van der Waals surface area contributed by atoms with Crippen LogP contribution >= 0.6 is 0 Å². The molecule has 9 heteroatoms. The Balaban J connectivity index is 2.53. The highest BCUT2D eigenvalue weighted by atomic mass is 32.2. The Bertz CT molecular complexity index is 808. The molecule has 3 N–H and O–H groups in total. The molecule has 0 fully saturated rings. The minimum Gasteiger partial charge on any atom is -0.393 e. The highest BCUT2D eigenvalue weighted by Gasteiger charge is 2.28. The average Bonchev–Trinajstić information content (AvgIpc) is 2.40. The van der Waals surface area contributed by atoms with Gasteiger partial charge in [-0.05, 0) is 24.3 Å². The summed E-state index contributed by atoms with van der Waals surface area (Å²) in [5.74, 6) is -0.798. The molecule has 0 bridgehead atoms. The van der Waals surface area contributed by atoms with Crippen molar-refractivity contribution < 1.29 is 17.7 Å². The minimum atomic E-state index is -4.35. The molecule has 0 saturated carbocycles. The zero-order valence-electron chi connectivity index (χ0n) is 10.5. The van der Waals surface area contributed by atoms with Gasteiger partial charge in [0.05, 0.1) is 10.6 Å². The number of benzene rings is 2. The lowest BCUT2D eigenvalue weighted by atomic mass is 10.3. The number of rotatable bonds is 4. The largest absolute Gasteiger partial charge is 0.393 e. The van der Waals surface area contributed by atoms with Gasteiger partial charge in [0.15, 0.2) is 4.90 Å². The maximum Gasteiger partial charge on any atom is 0.312 e. The van der Waals surface area contributed by atoms with E-state index >= 15 is 0 Å². The van der Waals surface area contributed by atoms with Crippen molar-refractivity contribution in [2.75, 3.05) is 10.5 Å². The molecule has 110 valence electrons. The lowest BCUT2D eigenvalue weighted by Gasteiger charge is -2.09. The second-order valence-electron chi connectivity index (χ2n) is 4.04. The summed E-state index contributed by atoms with van der Waals surface area (Å²) in [6.07, 6.45) is 0. The van der Waals surface area contributed by atoms with E-state index in [0.717, 1.165) is 12.1 Å². The first kappa shape index (κ1) is 14.7. The minimum absolute atomic E-state index is 0.295. The van der Waals surface area contributed by atoms with Gasteiger partial charge >= 0.3 is 5.69 Å². The van der Waals surface area contributed by atoms with Gasteiger partial charge in [-0.25, -0.2) is 12.8 Å². The maximum absolute atomic E-state index is 13.5. The molecule has 0 spiro atoms. The summed E-state index contributed by atoms with van der Waals surface area (Å²) in [5, 5.41) is 11.0. The molecule has 21 heavy (non-hydrogen) atoms. The zero-order valence-corrected chi connectivity index (χ0v) is 11.3. The molecule has 0 radical (unpaired) electrons. The Morgan fingerprint density at radius 3 is 2.43 bits per heavy atom. The molecule has 2 aromatic carbocycles. The monoisotopic (exact) mass is 311 g/mol. The number of sulfonamides is 1. The maximum atomic E-state index is 13.5. The number of para-hydroxylation sites is 2. The molecule has 0 atom stereocenters. The highest BCUT2D eigenvalue weighted by molar-refractivity contribution is 7.92. The van der Waals surface area contributed by atoms with Crippen molar-refractivity contribution in [3.63, 3.8) is 0 Å². The molecule has 0 unspecified atom stereocenters. The Morgan fingerprint density at radius 2 is 1.81 bits per heavy atom. The SMILES string of the molecule is Nc1cccc(S(=O)(=O)Nc2ccccc2F)c1[N+](=O)[O-]. The molecule has 0 amide bonds. The lowest BCUT2D eigenvalue weighted by molar-refractivity contribution is -0.386. The fourth-order valence-electron chi connectivity index (χ4n) is 1.70.